The van der Waals surface area contributed by atoms with Crippen molar-refractivity contribution in [2.45, 2.75) is 13.0 Å². The molecule has 3 heterocycles. The van der Waals surface area contributed by atoms with Crippen molar-refractivity contribution in [1.29, 1.82) is 0 Å². The smallest absolute Gasteiger partial charge is 0.261 e. The summed E-state index contributed by atoms with van der Waals surface area (Å²) in [4.78, 5) is 24.2. The number of pyridine rings is 2. The molecule has 8 heteroatoms. The summed E-state index contributed by atoms with van der Waals surface area (Å²) in [7, 11) is 3.08. The van der Waals surface area contributed by atoms with E-state index in [9.17, 15) is 4.79 Å². The van der Waals surface area contributed by atoms with Gasteiger partial charge in [-0.2, -0.15) is 0 Å². The van der Waals surface area contributed by atoms with Gasteiger partial charge in [-0.1, -0.05) is 18.2 Å². The molecule has 2 aromatic heterocycles. The minimum absolute atomic E-state index is 0.161. The molecule has 0 radical (unpaired) electrons. The zero-order chi connectivity index (χ0) is 22.5. The quantitative estimate of drug-likeness (QED) is 0.632. The summed E-state index contributed by atoms with van der Waals surface area (Å²) in [6.45, 7) is 3.20. The topological polar surface area (TPSA) is 85.8 Å². The van der Waals surface area contributed by atoms with Crippen LogP contribution in [0, 0.1) is 6.92 Å². The second-order valence-electron chi connectivity index (χ2n) is 7.39. The standard InChI is InChI=1S/C24H26N4O4/c1-16-7-4-11-21(25-16)27-22-12-5-8-17(26-22)20-15-28(13-14-32-20)24(29)23-18(30-2)9-6-10-19(23)31-3/h4-12,20H,13-15H2,1-3H3,(H,25,26,27). The molecule has 1 atom stereocenters. The number of aromatic nitrogens is 2. The van der Waals surface area contributed by atoms with Crippen molar-refractivity contribution in [3.05, 3.63) is 71.5 Å². The number of nitrogens with zero attached hydrogens (tertiary/aromatic N) is 3. The number of anilines is 2. The van der Waals surface area contributed by atoms with E-state index in [0.29, 0.717) is 42.6 Å². The fourth-order valence-corrected chi connectivity index (χ4v) is 3.68. The van der Waals surface area contributed by atoms with Crippen molar-refractivity contribution in [3.63, 3.8) is 0 Å². The molecule has 4 rings (SSSR count). The molecular weight excluding hydrogens is 408 g/mol. The van der Waals surface area contributed by atoms with Gasteiger partial charge in [-0.05, 0) is 43.3 Å². The van der Waals surface area contributed by atoms with Gasteiger partial charge in [-0.25, -0.2) is 9.97 Å². The zero-order valence-electron chi connectivity index (χ0n) is 18.4. The fraction of sp³-hybridized carbons (Fsp3) is 0.292. The lowest BCUT2D eigenvalue weighted by molar-refractivity contribution is -0.0248. The van der Waals surface area contributed by atoms with Gasteiger partial charge in [0.15, 0.2) is 0 Å². The summed E-state index contributed by atoms with van der Waals surface area (Å²) in [5.74, 6) is 2.18. The average Bonchev–Trinajstić information content (AvgIpc) is 2.83. The van der Waals surface area contributed by atoms with E-state index in [-0.39, 0.29) is 12.0 Å². The molecule has 3 aromatic rings. The minimum atomic E-state index is -0.347. The third-order valence-corrected chi connectivity index (χ3v) is 5.24. The van der Waals surface area contributed by atoms with E-state index in [1.54, 1.807) is 37.3 Å². The fourth-order valence-electron chi connectivity index (χ4n) is 3.68. The third kappa shape index (κ3) is 4.65. The van der Waals surface area contributed by atoms with Crippen molar-refractivity contribution in [3.8, 4) is 11.5 Å². The van der Waals surface area contributed by atoms with Gasteiger partial charge in [0.1, 0.15) is 34.8 Å². The van der Waals surface area contributed by atoms with Crippen molar-refractivity contribution < 1.29 is 19.0 Å². The number of benzene rings is 1. The summed E-state index contributed by atoms with van der Waals surface area (Å²) in [6, 6.07) is 16.8. The number of aryl methyl sites for hydroxylation is 1. The Kier molecular flexibility index (Phi) is 6.51. The Morgan fingerprint density at radius 3 is 2.34 bits per heavy atom. The Balaban J connectivity index is 1.53. The number of methoxy groups -OCH3 is 2. The molecule has 1 aliphatic rings. The first-order valence-corrected chi connectivity index (χ1v) is 10.4. The van der Waals surface area contributed by atoms with Crippen molar-refractivity contribution in [1.82, 2.24) is 14.9 Å². The Labute approximate surface area is 187 Å². The van der Waals surface area contributed by atoms with Crippen LogP contribution in [0.25, 0.3) is 0 Å². The second-order valence-corrected chi connectivity index (χ2v) is 7.39. The molecule has 1 aromatic carbocycles. The maximum absolute atomic E-state index is 13.3. The molecule has 1 aliphatic heterocycles. The highest BCUT2D eigenvalue weighted by Crippen LogP contribution is 2.31. The molecule has 32 heavy (non-hydrogen) atoms. The van der Waals surface area contributed by atoms with Crippen LogP contribution in [0.15, 0.2) is 54.6 Å². The summed E-state index contributed by atoms with van der Waals surface area (Å²) < 4.78 is 16.8. The Morgan fingerprint density at radius 1 is 1.00 bits per heavy atom. The molecule has 166 valence electrons. The molecule has 0 saturated carbocycles. The number of rotatable bonds is 6. The van der Waals surface area contributed by atoms with E-state index in [1.165, 1.54) is 0 Å². The van der Waals surface area contributed by atoms with Crippen LogP contribution in [-0.4, -0.2) is 54.7 Å². The van der Waals surface area contributed by atoms with Crippen LogP contribution in [0.1, 0.15) is 27.8 Å². The number of nitrogens with one attached hydrogen (secondary N) is 1. The van der Waals surface area contributed by atoms with E-state index < -0.39 is 0 Å². The first-order chi connectivity index (χ1) is 15.6. The highest BCUT2D eigenvalue weighted by atomic mass is 16.5. The molecule has 1 saturated heterocycles. The number of ether oxygens (including phenoxy) is 3. The number of carbonyl (C=O) groups is 1. The maximum Gasteiger partial charge on any atom is 0.261 e. The van der Waals surface area contributed by atoms with Gasteiger partial charge in [-0.3, -0.25) is 4.79 Å². The summed E-state index contributed by atoms with van der Waals surface area (Å²) >= 11 is 0. The minimum Gasteiger partial charge on any atom is -0.496 e. The SMILES string of the molecule is COc1cccc(OC)c1C(=O)N1CCOC(c2cccc(Nc3cccc(C)n3)n2)C1. The Hall–Kier alpha value is -3.65. The first kappa shape index (κ1) is 21.6. The molecule has 1 unspecified atom stereocenters. The lowest BCUT2D eigenvalue weighted by Crippen LogP contribution is -2.42. The van der Waals surface area contributed by atoms with E-state index in [2.05, 4.69) is 10.3 Å². The molecule has 1 N–H and O–H groups in total. The maximum atomic E-state index is 13.3. The number of hydrogen-bond donors (Lipinski definition) is 1. The molecule has 0 aliphatic carbocycles. The van der Waals surface area contributed by atoms with Crippen LogP contribution in [0.2, 0.25) is 0 Å². The number of morpholine rings is 1. The number of amides is 1. The van der Waals surface area contributed by atoms with E-state index >= 15 is 0 Å². The number of hydrogen-bond acceptors (Lipinski definition) is 7. The normalized spacial score (nSPS) is 15.8. The van der Waals surface area contributed by atoms with Crippen molar-refractivity contribution in [2.75, 3.05) is 39.2 Å². The van der Waals surface area contributed by atoms with Gasteiger partial charge in [0.2, 0.25) is 0 Å². The van der Waals surface area contributed by atoms with Gasteiger partial charge in [0.25, 0.3) is 5.91 Å². The first-order valence-electron chi connectivity index (χ1n) is 10.4. The predicted molar refractivity (Wildman–Crippen MR) is 121 cm³/mol. The van der Waals surface area contributed by atoms with Gasteiger partial charge in [0, 0.05) is 12.2 Å². The monoisotopic (exact) mass is 434 g/mol. The van der Waals surface area contributed by atoms with E-state index in [1.807, 2.05) is 43.3 Å². The molecule has 1 fully saturated rings. The molecule has 0 bridgehead atoms. The third-order valence-electron chi connectivity index (χ3n) is 5.24. The molecule has 8 nitrogen and oxygen atoms in total. The predicted octanol–water partition coefficient (Wildman–Crippen LogP) is 3.76. The zero-order valence-corrected chi connectivity index (χ0v) is 18.4. The van der Waals surface area contributed by atoms with Gasteiger partial charge in [-0.15, -0.1) is 0 Å². The van der Waals surface area contributed by atoms with Gasteiger partial charge in [0.05, 0.1) is 33.1 Å². The summed E-state index contributed by atoms with van der Waals surface area (Å²) in [6.07, 6.45) is -0.347. The highest BCUT2D eigenvalue weighted by Gasteiger charge is 2.30. The van der Waals surface area contributed by atoms with E-state index in [0.717, 1.165) is 17.2 Å². The van der Waals surface area contributed by atoms with Crippen LogP contribution in [0.4, 0.5) is 11.6 Å². The van der Waals surface area contributed by atoms with Crippen LogP contribution in [0.3, 0.4) is 0 Å². The summed E-state index contributed by atoms with van der Waals surface area (Å²) in [5, 5.41) is 3.22. The van der Waals surface area contributed by atoms with Crippen molar-refractivity contribution in [2.24, 2.45) is 0 Å². The lowest BCUT2D eigenvalue weighted by atomic mass is 10.1. The molecule has 1 amide bonds. The summed E-state index contributed by atoms with van der Waals surface area (Å²) in [5.41, 5.74) is 2.07. The van der Waals surface area contributed by atoms with Crippen LogP contribution in [-0.2, 0) is 4.74 Å². The van der Waals surface area contributed by atoms with E-state index in [4.69, 9.17) is 19.2 Å². The van der Waals surface area contributed by atoms with Crippen LogP contribution >= 0.6 is 0 Å². The second kappa shape index (κ2) is 9.65. The average molecular weight is 434 g/mol. The molecular formula is C24H26N4O4. The lowest BCUT2D eigenvalue weighted by Gasteiger charge is -2.33. The van der Waals surface area contributed by atoms with Gasteiger partial charge >= 0.3 is 0 Å². The Bertz CT molecular complexity index is 1080. The van der Waals surface area contributed by atoms with Crippen LogP contribution in [0.5, 0.6) is 11.5 Å². The Morgan fingerprint density at radius 2 is 1.66 bits per heavy atom. The van der Waals surface area contributed by atoms with Crippen LogP contribution < -0.4 is 14.8 Å². The number of carbonyl (C=O) groups excluding carboxylic acids is 1. The highest BCUT2D eigenvalue weighted by molar-refractivity contribution is 5.99. The largest absolute Gasteiger partial charge is 0.496 e. The van der Waals surface area contributed by atoms with Crippen molar-refractivity contribution >= 4 is 17.5 Å². The molecule has 0 spiro atoms. The van der Waals surface area contributed by atoms with Gasteiger partial charge < -0.3 is 24.4 Å².